The van der Waals surface area contributed by atoms with Crippen LogP contribution in [0.15, 0.2) is 65.7 Å². The highest BCUT2D eigenvalue weighted by Gasteiger charge is 2.27. The first kappa shape index (κ1) is 18.5. The zero-order valence-electron chi connectivity index (χ0n) is 15.4. The average molecular weight is 392 g/mol. The zero-order chi connectivity index (χ0) is 19.5. The fourth-order valence-corrected chi connectivity index (χ4v) is 4.06. The third kappa shape index (κ3) is 4.02. The van der Waals surface area contributed by atoms with Gasteiger partial charge in [-0.2, -0.15) is 0 Å². The van der Waals surface area contributed by atoms with Crippen molar-refractivity contribution in [2.45, 2.75) is 29.2 Å². The molecule has 0 saturated heterocycles. The van der Waals surface area contributed by atoms with Gasteiger partial charge in [-0.3, -0.25) is 9.59 Å². The molecule has 1 unspecified atom stereocenters. The second kappa shape index (κ2) is 8.02. The number of hydrogen-bond donors (Lipinski definition) is 1. The van der Waals surface area contributed by atoms with Gasteiger partial charge in [-0.05, 0) is 30.5 Å². The molecule has 5 nitrogen and oxygen atoms in total. The number of amides is 1. The Morgan fingerprint density at radius 1 is 1.11 bits per heavy atom. The minimum absolute atomic E-state index is 0.0997. The van der Waals surface area contributed by atoms with E-state index in [0.29, 0.717) is 10.6 Å². The van der Waals surface area contributed by atoms with Crippen LogP contribution in [0.2, 0.25) is 0 Å². The number of thioether (sulfide) groups is 1. The monoisotopic (exact) mass is 392 g/mol. The van der Waals surface area contributed by atoms with Gasteiger partial charge in [0, 0.05) is 11.4 Å². The maximum absolute atomic E-state index is 12.8. The van der Waals surface area contributed by atoms with Crippen molar-refractivity contribution in [3.8, 4) is 0 Å². The summed E-state index contributed by atoms with van der Waals surface area (Å²) in [5.41, 5.74) is 2.14. The van der Waals surface area contributed by atoms with E-state index < -0.39 is 5.25 Å². The minimum atomic E-state index is -0.556. The number of methoxy groups -OCH3 is 1. The van der Waals surface area contributed by atoms with E-state index in [-0.39, 0.29) is 17.9 Å². The van der Waals surface area contributed by atoms with Crippen molar-refractivity contribution in [2.24, 2.45) is 0 Å². The van der Waals surface area contributed by atoms with E-state index in [1.165, 1.54) is 18.9 Å². The van der Waals surface area contributed by atoms with Crippen molar-refractivity contribution in [1.82, 2.24) is 10.3 Å². The van der Waals surface area contributed by atoms with Gasteiger partial charge in [0.2, 0.25) is 0 Å². The summed E-state index contributed by atoms with van der Waals surface area (Å²) < 4.78 is 5.00. The number of benzene rings is 2. The van der Waals surface area contributed by atoms with Gasteiger partial charge in [-0.15, -0.1) is 0 Å². The molecule has 1 atom stereocenters. The fourth-order valence-electron chi connectivity index (χ4n) is 3.00. The normalized spacial score (nSPS) is 14.5. The van der Waals surface area contributed by atoms with Crippen LogP contribution in [0.1, 0.15) is 34.0 Å². The number of carbonyl (C=O) groups is 2. The number of hydrogen-bond acceptors (Lipinski definition) is 5. The molecule has 0 aliphatic heterocycles. The van der Waals surface area contributed by atoms with E-state index in [4.69, 9.17) is 4.74 Å². The number of rotatable bonds is 6. The summed E-state index contributed by atoms with van der Waals surface area (Å²) in [5.74, 6) is -0.451. The highest BCUT2D eigenvalue weighted by Crippen LogP contribution is 2.37. The molecule has 6 heteroatoms. The first-order valence-corrected chi connectivity index (χ1v) is 10.0. The largest absolute Gasteiger partial charge is 0.468 e. The average Bonchev–Trinajstić information content (AvgIpc) is 3.55. The number of aromatic nitrogens is 1. The molecule has 1 fully saturated rings. The summed E-state index contributed by atoms with van der Waals surface area (Å²) in [5, 5.41) is 3.90. The van der Waals surface area contributed by atoms with Crippen LogP contribution in [-0.4, -0.2) is 30.0 Å². The zero-order valence-corrected chi connectivity index (χ0v) is 16.2. The molecule has 0 radical (unpaired) electrons. The molecular weight excluding hydrogens is 372 g/mol. The van der Waals surface area contributed by atoms with Gasteiger partial charge >= 0.3 is 5.97 Å². The highest BCUT2D eigenvalue weighted by molar-refractivity contribution is 8.00. The van der Waals surface area contributed by atoms with Gasteiger partial charge in [0.15, 0.2) is 0 Å². The maximum atomic E-state index is 12.8. The van der Waals surface area contributed by atoms with Crippen LogP contribution in [0.3, 0.4) is 0 Å². The smallest absolute Gasteiger partial charge is 0.323 e. The lowest BCUT2D eigenvalue weighted by atomic mass is 10.1. The SMILES string of the molecule is COC(=O)C(Sc1cc(C(=O)NC2CC2)c2ccccc2n1)c1ccccc1. The van der Waals surface area contributed by atoms with E-state index in [1.54, 1.807) is 6.07 Å². The van der Waals surface area contributed by atoms with E-state index in [0.717, 1.165) is 29.3 Å². The molecule has 1 N–H and O–H groups in total. The Hall–Kier alpha value is -2.86. The molecule has 4 rings (SSSR count). The number of pyridine rings is 1. The van der Waals surface area contributed by atoms with Gasteiger partial charge in [0.25, 0.3) is 5.91 Å². The van der Waals surface area contributed by atoms with E-state index in [2.05, 4.69) is 10.3 Å². The molecule has 0 bridgehead atoms. The Bertz CT molecular complexity index is 1020. The molecule has 2 aromatic carbocycles. The van der Waals surface area contributed by atoms with Gasteiger partial charge in [0.05, 0.1) is 23.2 Å². The van der Waals surface area contributed by atoms with Crippen molar-refractivity contribution >= 4 is 34.5 Å². The molecule has 1 aliphatic rings. The van der Waals surface area contributed by atoms with Crippen LogP contribution >= 0.6 is 11.8 Å². The summed E-state index contributed by atoms with van der Waals surface area (Å²) in [4.78, 5) is 29.8. The lowest BCUT2D eigenvalue weighted by Crippen LogP contribution is -2.25. The second-order valence-corrected chi connectivity index (χ2v) is 7.83. The summed E-state index contributed by atoms with van der Waals surface area (Å²) in [6, 6.07) is 19.0. The number of fused-ring (bicyclic) bond motifs is 1. The fraction of sp³-hybridized carbons (Fsp3) is 0.227. The van der Waals surface area contributed by atoms with Crippen LogP contribution in [-0.2, 0) is 9.53 Å². The third-order valence-corrected chi connectivity index (χ3v) is 5.76. The molecule has 28 heavy (non-hydrogen) atoms. The number of para-hydroxylation sites is 1. The van der Waals surface area contributed by atoms with Crippen LogP contribution < -0.4 is 5.32 Å². The Balaban J connectivity index is 1.72. The Kier molecular flexibility index (Phi) is 5.30. The molecular formula is C22H20N2O3S. The van der Waals surface area contributed by atoms with Crippen molar-refractivity contribution < 1.29 is 14.3 Å². The lowest BCUT2D eigenvalue weighted by molar-refractivity contribution is -0.140. The molecule has 1 heterocycles. The minimum Gasteiger partial charge on any atom is -0.468 e. The topological polar surface area (TPSA) is 68.3 Å². The molecule has 1 aliphatic carbocycles. The predicted octanol–water partition coefficient (Wildman–Crippen LogP) is 4.13. The van der Waals surface area contributed by atoms with Crippen molar-refractivity contribution in [2.75, 3.05) is 7.11 Å². The van der Waals surface area contributed by atoms with Crippen LogP contribution in [0, 0.1) is 0 Å². The summed E-state index contributed by atoms with van der Waals surface area (Å²) in [6.07, 6.45) is 2.05. The Morgan fingerprint density at radius 3 is 2.54 bits per heavy atom. The third-order valence-electron chi connectivity index (χ3n) is 4.61. The molecule has 1 aromatic heterocycles. The number of esters is 1. The Morgan fingerprint density at radius 2 is 1.82 bits per heavy atom. The predicted molar refractivity (Wildman–Crippen MR) is 109 cm³/mol. The van der Waals surface area contributed by atoms with Gasteiger partial charge in [-0.1, -0.05) is 60.3 Å². The maximum Gasteiger partial charge on any atom is 0.323 e. The van der Waals surface area contributed by atoms with Crippen molar-refractivity contribution in [3.63, 3.8) is 0 Å². The summed E-state index contributed by atoms with van der Waals surface area (Å²) in [7, 11) is 1.38. The summed E-state index contributed by atoms with van der Waals surface area (Å²) >= 11 is 1.29. The standard InChI is InChI=1S/C22H20N2O3S/c1-27-22(26)20(14-7-3-2-4-8-14)28-19-13-17(21(25)23-15-11-12-15)16-9-5-6-10-18(16)24-19/h2-10,13,15,20H,11-12H2,1H3,(H,23,25). The number of ether oxygens (including phenoxy) is 1. The van der Waals surface area contributed by atoms with Gasteiger partial charge in [-0.25, -0.2) is 4.98 Å². The first-order valence-electron chi connectivity index (χ1n) is 9.16. The molecule has 0 spiro atoms. The van der Waals surface area contributed by atoms with Gasteiger partial charge < -0.3 is 10.1 Å². The van der Waals surface area contributed by atoms with Crippen molar-refractivity contribution in [1.29, 1.82) is 0 Å². The highest BCUT2D eigenvalue weighted by atomic mass is 32.2. The molecule has 1 saturated carbocycles. The van der Waals surface area contributed by atoms with E-state index in [9.17, 15) is 9.59 Å². The second-order valence-electron chi connectivity index (χ2n) is 6.70. The van der Waals surface area contributed by atoms with Crippen LogP contribution in [0.5, 0.6) is 0 Å². The number of carbonyl (C=O) groups excluding carboxylic acids is 2. The van der Waals surface area contributed by atoms with Crippen molar-refractivity contribution in [3.05, 3.63) is 71.8 Å². The molecule has 3 aromatic rings. The van der Waals surface area contributed by atoms with Crippen LogP contribution in [0.25, 0.3) is 10.9 Å². The van der Waals surface area contributed by atoms with Crippen LogP contribution in [0.4, 0.5) is 0 Å². The Labute approximate surface area is 167 Å². The molecule has 142 valence electrons. The van der Waals surface area contributed by atoms with E-state index in [1.807, 2.05) is 54.6 Å². The molecule has 1 amide bonds. The van der Waals surface area contributed by atoms with E-state index >= 15 is 0 Å². The number of nitrogens with one attached hydrogen (secondary N) is 1. The number of nitrogens with zero attached hydrogens (tertiary/aromatic N) is 1. The lowest BCUT2D eigenvalue weighted by Gasteiger charge is -2.15. The van der Waals surface area contributed by atoms with Gasteiger partial charge in [0.1, 0.15) is 5.25 Å². The quantitative estimate of drug-likeness (QED) is 0.505. The first-order chi connectivity index (χ1) is 13.7. The summed E-state index contributed by atoms with van der Waals surface area (Å²) in [6.45, 7) is 0.